The fourth-order valence-electron chi connectivity index (χ4n) is 2.82. The van der Waals surface area contributed by atoms with Crippen LogP contribution < -0.4 is 0 Å². The lowest BCUT2D eigenvalue weighted by atomic mass is 10.1. The number of benzene rings is 1. The molecule has 0 aliphatic carbocycles. The molecule has 0 saturated carbocycles. The third-order valence-corrected chi connectivity index (χ3v) is 3.87. The molecule has 5 nitrogen and oxygen atoms in total. The lowest BCUT2D eigenvalue weighted by Crippen LogP contribution is -1.91. The first-order valence-electron chi connectivity index (χ1n) is 7.79. The summed E-state index contributed by atoms with van der Waals surface area (Å²) >= 11 is 0. The number of furan rings is 2. The third-order valence-electron chi connectivity index (χ3n) is 3.87. The molecule has 1 aromatic carbocycles. The number of hydrogen-bond donors (Lipinski definition) is 0. The van der Waals surface area contributed by atoms with Crippen LogP contribution in [0.25, 0.3) is 39.8 Å². The molecule has 3 aromatic heterocycles. The number of aromatic nitrogens is 3. The summed E-state index contributed by atoms with van der Waals surface area (Å²) in [5.41, 5.74) is 3.44. The number of hydrogen-bond acceptors (Lipinski definition) is 4. The maximum atomic E-state index is 5.89. The quantitative estimate of drug-likeness (QED) is 0.542. The molecule has 0 unspecified atom stereocenters. The Morgan fingerprint density at radius 3 is 2.08 bits per heavy atom. The summed E-state index contributed by atoms with van der Waals surface area (Å²) in [6, 6.07) is 11.8. The van der Waals surface area contributed by atoms with Crippen LogP contribution in [0.1, 0.15) is 18.4 Å². The van der Waals surface area contributed by atoms with E-state index >= 15 is 0 Å². The van der Waals surface area contributed by atoms with Crippen molar-refractivity contribution in [3.63, 3.8) is 0 Å². The Labute approximate surface area is 139 Å². The Bertz CT molecular complexity index is 1050. The Kier molecular flexibility index (Phi) is 3.34. The molecule has 0 saturated heterocycles. The van der Waals surface area contributed by atoms with Gasteiger partial charge in [-0.05, 0) is 56.3 Å². The number of allylic oxidation sites excluding steroid dienone is 1. The van der Waals surface area contributed by atoms with Gasteiger partial charge in [0.15, 0.2) is 0 Å². The van der Waals surface area contributed by atoms with E-state index < -0.39 is 0 Å². The van der Waals surface area contributed by atoms with Gasteiger partial charge in [0.2, 0.25) is 0 Å². The summed E-state index contributed by atoms with van der Waals surface area (Å²) in [5, 5.41) is 9.04. The van der Waals surface area contributed by atoms with Gasteiger partial charge in [-0.1, -0.05) is 6.08 Å². The third kappa shape index (κ3) is 2.34. The van der Waals surface area contributed by atoms with Crippen LogP contribution in [0, 0.1) is 6.92 Å². The molecule has 5 heteroatoms. The highest BCUT2D eigenvalue weighted by atomic mass is 16.3. The Morgan fingerprint density at radius 2 is 1.50 bits per heavy atom. The molecule has 0 aliphatic heterocycles. The Balaban J connectivity index is 1.92. The Morgan fingerprint density at radius 1 is 0.875 bits per heavy atom. The van der Waals surface area contributed by atoms with Crippen LogP contribution in [0.5, 0.6) is 0 Å². The Hall–Kier alpha value is -3.08. The highest BCUT2D eigenvalue weighted by Gasteiger charge is 2.17. The van der Waals surface area contributed by atoms with Crippen molar-refractivity contribution >= 4 is 17.1 Å². The van der Waals surface area contributed by atoms with Crippen LogP contribution in [0.3, 0.4) is 0 Å². The van der Waals surface area contributed by atoms with Gasteiger partial charge in [0.05, 0.1) is 0 Å². The molecule has 0 N–H and O–H groups in total. The van der Waals surface area contributed by atoms with Crippen LogP contribution in [0.2, 0.25) is 0 Å². The molecule has 4 aromatic rings. The molecule has 0 spiro atoms. The molecule has 24 heavy (non-hydrogen) atoms. The molecular weight excluding hydrogens is 302 g/mol. The molecule has 0 atom stereocenters. The topological polar surface area (TPSA) is 57.0 Å². The fraction of sp³-hybridized carbons (Fsp3) is 0.158. The van der Waals surface area contributed by atoms with Gasteiger partial charge in [0, 0.05) is 18.2 Å². The first-order chi connectivity index (χ1) is 11.7. The van der Waals surface area contributed by atoms with Crippen molar-refractivity contribution in [1.82, 2.24) is 15.0 Å². The summed E-state index contributed by atoms with van der Waals surface area (Å²) < 4.78 is 11.6. The van der Waals surface area contributed by atoms with E-state index in [1.165, 1.54) is 0 Å². The maximum Gasteiger partial charge on any atom is 0.137 e. The van der Waals surface area contributed by atoms with E-state index in [1.807, 2.05) is 69.4 Å². The molecule has 4 rings (SSSR count). The standard InChI is InChI=1S/C19H17N3O2/c1-4-5-13-7-11-17(24-13)15-9-8-14(16-10-6-12(2)23-16)18-19(15)21-22(3)20-18/h4-11H,1-3H3/b5-4+. The summed E-state index contributed by atoms with van der Waals surface area (Å²) in [6.45, 7) is 3.89. The van der Waals surface area contributed by atoms with Crippen molar-refractivity contribution < 1.29 is 8.83 Å². The van der Waals surface area contributed by atoms with Gasteiger partial charge in [0.1, 0.15) is 34.1 Å². The summed E-state index contributed by atoms with van der Waals surface area (Å²) in [5.74, 6) is 3.25. The van der Waals surface area contributed by atoms with E-state index in [9.17, 15) is 0 Å². The number of nitrogens with zero attached hydrogens (tertiary/aromatic N) is 3. The minimum Gasteiger partial charge on any atom is -0.461 e. The number of fused-ring (bicyclic) bond motifs is 1. The van der Waals surface area contributed by atoms with Crippen molar-refractivity contribution in [1.29, 1.82) is 0 Å². The van der Waals surface area contributed by atoms with Gasteiger partial charge in [0.25, 0.3) is 0 Å². The van der Waals surface area contributed by atoms with Gasteiger partial charge in [-0.15, -0.1) is 0 Å². The lowest BCUT2D eigenvalue weighted by Gasteiger charge is -2.02. The van der Waals surface area contributed by atoms with E-state index in [2.05, 4.69) is 10.2 Å². The minimum absolute atomic E-state index is 0.774. The monoisotopic (exact) mass is 319 g/mol. The van der Waals surface area contributed by atoms with Crippen molar-refractivity contribution in [3.8, 4) is 22.6 Å². The lowest BCUT2D eigenvalue weighted by molar-refractivity contribution is 0.548. The van der Waals surface area contributed by atoms with Crippen molar-refractivity contribution in [2.75, 3.05) is 0 Å². The molecule has 0 fully saturated rings. The molecule has 0 radical (unpaired) electrons. The zero-order valence-corrected chi connectivity index (χ0v) is 13.8. The second kappa shape index (κ2) is 5.53. The molecule has 3 heterocycles. The second-order valence-corrected chi connectivity index (χ2v) is 5.66. The largest absolute Gasteiger partial charge is 0.461 e. The van der Waals surface area contributed by atoms with E-state index in [0.717, 1.165) is 45.2 Å². The van der Waals surface area contributed by atoms with Gasteiger partial charge in [-0.25, -0.2) is 0 Å². The van der Waals surface area contributed by atoms with Crippen LogP contribution in [-0.4, -0.2) is 15.0 Å². The maximum absolute atomic E-state index is 5.89. The molecule has 0 amide bonds. The summed E-state index contributed by atoms with van der Waals surface area (Å²) in [6.07, 6.45) is 3.88. The van der Waals surface area contributed by atoms with Crippen LogP contribution in [0.4, 0.5) is 0 Å². The predicted molar refractivity (Wildman–Crippen MR) is 93.4 cm³/mol. The molecule has 0 bridgehead atoms. The normalized spacial score (nSPS) is 11.8. The predicted octanol–water partition coefficient (Wildman–Crippen LogP) is 4.83. The van der Waals surface area contributed by atoms with Crippen LogP contribution in [-0.2, 0) is 7.05 Å². The van der Waals surface area contributed by atoms with E-state index in [1.54, 1.807) is 4.80 Å². The SMILES string of the molecule is C/C=C/c1ccc(-c2ccc(-c3ccc(C)o3)c3nn(C)nc23)o1. The van der Waals surface area contributed by atoms with Gasteiger partial charge >= 0.3 is 0 Å². The number of rotatable bonds is 3. The number of aryl methyl sites for hydroxylation is 2. The van der Waals surface area contributed by atoms with Crippen LogP contribution >= 0.6 is 0 Å². The highest BCUT2D eigenvalue weighted by molar-refractivity contribution is 5.98. The van der Waals surface area contributed by atoms with Crippen LogP contribution in [0.15, 0.2) is 51.3 Å². The van der Waals surface area contributed by atoms with E-state index in [4.69, 9.17) is 8.83 Å². The first-order valence-corrected chi connectivity index (χ1v) is 7.79. The van der Waals surface area contributed by atoms with E-state index in [0.29, 0.717) is 0 Å². The average Bonchev–Trinajstić information content (AvgIpc) is 3.26. The minimum atomic E-state index is 0.774. The smallest absolute Gasteiger partial charge is 0.137 e. The summed E-state index contributed by atoms with van der Waals surface area (Å²) in [4.78, 5) is 1.57. The van der Waals surface area contributed by atoms with Crippen molar-refractivity contribution in [2.24, 2.45) is 7.05 Å². The van der Waals surface area contributed by atoms with Gasteiger partial charge < -0.3 is 8.83 Å². The highest BCUT2D eigenvalue weighted by Crippen LogP contribution is 2.35. The van der Waals surface area contributed by atoms with Crippen molar-refractivity contribution in [2.45, 2.75) is 13.8 Å². The average molecular weight is 319 g/mol. The van der Waals surface area contributed by atoms with Gasteiger partial charge in [-0.2, -0.15) is 15.0 Å². The summed E-state index contributed by atoms with van der Waals surface area (Å²) in [7, 11) is 1.81. The van der Waals surface area contributed by atoms with E-state index in [-0.39, 0.29) is 0 Å². The fourth-order valence-corrected chi connectivity index (χ4v) is 2.82. The zero-order valence-electron chi connectivity index (χ0n) is 13.8. The second-order valence-electron chi connectivity index (χ2n) is 5.66. The van der Waals surface area contributed by atoms with Gasteiger partial charge in [-0.3, -0.25) is 0 Å². The molecule has 120 valence electrons. The zero-order chi connectivity index (χ0) is 16.7. The molecular formula is C19H17N3O2. The molecule has 0 aliphatic rings. The first kappa shape index (κ1) is 14.5. The van der Waals surface area contributed by atoms with Crippen molar-refractivity contribution in [3.05, 3.63) is 54.0 Å².